The summed E-state index contributed by atoms with van der Waals surface area (Å²) in [5, 5.41) is 7.77. The van der Waals surface area contributed by atoms with E-state index in [1.165, 1.54) is 5.56 Å². The number of halogens is 1. The van der Waals surface area contributed by atoms with Gasteiger partial charge < -0.3 is 15.5 Å². The van der Waals surface area contributed by atoms with Gasteiger partial charge in [0.2, 0.25) is 0 Å². The fourth-order valence-corrected chi connectivity index (χ4v) is 4.73. The quantitative estimate of drug-likeness (QED) is 0.559. The van der Waals surface area contributed by atoms with Crippen LogP contribution < -0.4 is 15.5 Å². The second-order valence-corrected chi connectivity index (χ2v) is 8.97. The number of nitrogens with one attached hydrogen (secondary N) is 2. The van der Waals surface area contributed by atoms with Gasteiger partial charge in [0, 0.05) is 44.1 Å². The monoisotopic (exact) mass is 452 g/mol. The standard InChI is InChI=1S/C25H29ClN4S/c1-29(22-14-15-30(18-22)17-19-8-4-2-5-9-19)24-13-12-21(16-23(24)26)28-25(31)27-20-10-6-3-7-11-20/h2,4-6,8-13,16,22H,3,7,14-15,17-18H2,1H3,(H2,27,28,31). The molecule has 162 valence electrons. The molecule has 4 rings (SSSR count). The molecular weight excluding hydrogens is 424 g/mol. The molecule has 1 saturated heterocycles. The van der Waals surface area contributed by atoms with Crippen molar-refractivity contribution in [2.75, 3.05) is 30.4 Å². The molecule has 1 aliphatic carbocycles. The number of allylic oxidation sites excluding steroid dienone is 3. The molecule has 1 fully saturated rings. The summed E-state index contributed by atoms with van der Waals surface area (Å²) >= 11 is 12.1. The van der Waals surface area contributed by atoms with Crippen LogP contribution in [-0.4, -0.2) is 36.2 Å². The van der Waals surface area contributed by atoms with Crippen molar-refractivity contribution in [2.45, 2.75) is 31.8 Å². The van der Waals surface area contributed by atoms with Crippen molar-refractivity contribution in [1.29, 1.82) is 0 Å². The van der Waals surface area contributed by atoms with Gasteiger partial charge in [-0.3, -0.25) is 4.90 Å². The maximum absolute atomic E-state index is 6.66. The van der Waals surface area contributed by atoms with Gasteiger partial charge in [-0.15, -0.1) is 0 Å². The molecule has 4 nitrogen and oxygen atoms in total. The molecule has 0 radical (unpaired) electrons. The van der Waals surface area contributed by atoms with E-state index in [1.807, 2.05) is 12.1 Å². The molecule has 0 saturated carbocycles. The lowest BCUT2D eigenvalue weighted by Gasteiger charge is -2.28. The minimum Gasteiger partial charge on any atom is -0.369 e. The predicted octanol–water partition coefficient (Wildman–Crippen LogP) is 5.57. The first kappa shape index (κ1) is 21.9. The van der Waals surface area contributed by atoms with E-state index in [1.54, 1.807) is 0 Å². The Balaban J connectivity index is 1.33. The summed E-state index contributed by atoms with van der Waals surface area (Å²) in [6.07, 6.45) is 9.62. The number of likely N-dealkylation sites (tertiary alicyclic amines) is 1. The normalized spacial score (nSPS) is 18.5. The minimum atomic E-state index is 0.452. The lowest BCUT2D eigenvalue weighted by atomic mass is 10.1. The number of anilines is 2. The number of hydrogen-bond donors (Lipinski definition) is 2. The molecule has 1 unspecified atom stereocenters. The van der Waals surface area contributed by atoms with Crippen molar-refractivity contribution < 1.29 is 0 Å². The fraction of sp³-hybridized carbons (Fsp3) is 0.320. The van der Waals surface area contributed by atoms with Crippen molar-refractivity contribution in [3.63, 3.8) is 0 Å². The molecule has 0 amide bonds. The van der Waals surface area contributed by atoms with Gasteiger partial charge in [-0.25, -0.2) is 0 Å². The Hall–Kier alpha value is -2.34. The summed E-state index contributed by atoms with van der Waals surface area (Å²) < 4.78 is 0. The van der Waals surface area contributed by atoms with E-state index in [9.17, 15) is 0 Å². The topological polar surface area (TPSA) is 30.5 Å². The molecule has 2 N–H and O–H groups in total. The van der Waals surface area contributed by atoms with Crippen molar-refractivity contribution in [2.24, 2.45) is 0 Å². The molecule has 0 spiro atoms. The van der Waals surface area contributed by atoms with Gasteiger partial charge in [-0.05, 0) is 61.3 Å². The van der Waals surface area contributed by atoms with Gasteiger partial charge >= 0.3 is 0 Å². The van der Waals surface area contributed by atoms with Crippen LogP contribution in [0, 0.1) is 0 Å². The largest absolute Gasteiger partial charge is 0.369 e. The Kier molecular flexibility index (Phi) is 7.28. The first-order valence-corrected chi connectivity index (χ1v) is 11.6. The average molecular weight is 453 g/mol. The third kappa shape index (κ3) is 5.88. The Morgan fingerprint density at radius 2 is 2.00 bits per heavy atom. The number of rotatable bonds is 6. The van der Waals surface area contributed by atoms with Gasteiger partial charge in [0.25, 0.3) is 0 Å². The molecule has 2 aromatic rings. The van der Waals surface area contributed by atoms with Gasteiger partial charge in [0.15, 0.2) is 5.11 Å². The van der Waals surface area contributed by atoms with E-state index in [4.69, 9.17) is 23.8 Å². The lowest BCUT2D eigenvalue weighted by molar-refractivity contribution is 0.326. The Labute approximate surface area is 195 Å². The van der Waals surface area contributed by atoms with Crippen LogP contribution in [-0.2, 0) is 6.54 Å². The summed E-state index contributed by atoms with van der Waals surface area (Å²) in [4.78, 5) is 4.82. The second kappa shape index (κ2) is 10.3. The Bertz CT molecular complexity index is 973. The van der Waals surface area contributed by atoms with E-state index in [-0.39, 0.29) is 0 Å². The highest BCUT2D eigenvalue weighted by Gasteiger charge is 2.26. The van der Waals surface area contributed by atoms with Gasteiger partial charge in [0.1, 0.15) is 0 Å². The number of thiocarbonyl (C=S) groups is 1. The zero-order valence-electron chi connectivity index (χ0n) is 17.9. The van der Waals surface area contributed by atoms with E-state index in [2.05, 4.69) is 82.1 Å². The molecule has 2 aliphatic rings. The second-order valence-electron chi connectivity index (χ2n) is 8.16. The van der Waals surface area contributed by atoms with Gasteiger partial charge in [-0.1, -0.05) is 54.1 Å². The Morgan fingerprint density at radius 1 is 1.16 bits per heavy atom. The molecule has 0 bridgehead atoms. The highest BCUT2D eigenvalue weighted by atomic mass is 35.5. The van der Waals surface area contributed by atoms with E-state index < -0.39 is 0 Å². The third-order valence-corrected chi connectivity index (χ3v) is 6.39. The summed E-state index contributed by atoms with van der Waals surface area (Å²) in [6.45, 7) is 3.14. The molecule has 0 aromatic heterocycles. The van der Waals surface area contributed by atoms with Crippen LogP contribution in [0.5, 0.6) is 0 Å². The van der Waals surface area contributed by atoms with Crippen LogP contribution in [0.25, 0.3) is 0 Å². The molecule has 6 heteroatoms. The maximum atomic E-state index is 6.66. The molecule has 1 heterocycles. The third-order valence-electron chi connectivity index (χ3n) is 5.88. The van der Waals surface area contributed by atoms with Crippen LogP contribution in [0.3, 0.4) is 0 Å². The molecular formula is C25H29ClN4S. The lowest BCUT2D eigenvalue weighted by Crippen LogP contribution is -2.34. The zero-order valence-corrected chi connectivity index (χ0v) is 19.4. The number of benzene rings is 2. The number of nitrogens with zero attached hydrogens (tertiary/aromatic N) is 2. The van der Waals surface area contributed by atoms with Crippen LogP contribution in [0.1, 0.15) is 24.8 Å². The highest BCUT2D eigenvalue weighted by molar-refractivity contribution is 7.80. The van der Waals surface area contributed by atoms with Crippen molar-refractivity contribution in [3.8, 4) is 0 Å². The molecule has 1 aliphatic heterocycles. The summed E-state index contributed by atoms with van der Waals surface area (Å²) in [5.74, 6) is 0. The van der Waals surface area contributed by atoms with E-state index in [0.29, 0.717) is 11.2 Å². The fourth-order valence-electron chi connectivity index (χ4n) is 4.18. The SMILES string of the molecule is CN(c1ccc(NC(=S)NC2=CCCC=C2)cc1Cl)C1CCN(Cc2ccccc2)C1. The first-order chi connectivity index (χ1) is 15.1. The van der Waals surface area contributed by atoms with Crippen molar-refractivity contribution in [3.05, 3.63) is 83.0 Å². The van der Waals surface area contributed by atoms with Crippen LogP contribution >= 0.6 is 23.8 Å². The van der Waals surface area contributed by atoms with Crippen molar-refractivity contribution >= 4 is 40.3 Å². The first-order valence-electron chi connectivity index (χ1n) is 10.8. The zero-order chi connectivity index (χ0) is 21.6. The predicted molar refractivity (Wildman–Crippen MR) is 136 cm³/mol. The summed E-state index contributed by atoms with van der Waals surface area (Å²) in [7, 11) is 2.14. The van der Waals surface area contributed by atoms with Crippen LogP contribution in [0.2, 0.25) is 5.02 Å². The van der Waals surface area contributed by atoms with Gasteiger partial charge in [0.05, 0.1) is 10.7 Å². The van der Waals surface area contributed by atoms with Gasteiger partial charge in [-0.2, -0.15) is 0 Å². The van der Waals surface area contributed by atoms with Crippen molar-refractivity contribution in [1.82, 2.24) is 10.2 Å². The maximum Gasteiger partial charge on any atom is 0.175 e. The summed E-state index contributed by atoms with van der Waals surface area (Å²) in [5.41, 5.74) is 4.34. The molecule has 31 heavy (non-hydrogen) atoms. The van der Waals surface area contributed by atoms with Crippen LogP contribution in [0.4, 0.5) is 11.4 Å². The number of hydrogen-bond acceptors (Lipinski definition) is 3. The average Bonchev–Trinajstić information content (AvgIpc) is 3.23. The molecule has 2 aromatic carbocycles. The molecule has 1 atom stereocenters. The smallest absolute Gasteiger partial charge is 0.175 e. The minimum absolute atomic E-state index is 0.452. The van der Waals surface area contributed by atoms with E-state index >= 15 is 0 Å². The highest BCUT2D eigenvalue weighted by Crippen LogP contribution is 2.31. The summed E-state index contributed by atoms with van der Waals surface area (Å²) in [6, 6.07) is 17.2. The van der Waals surface area contributed by atoms with Crippen LogP contribution in [0.15, 0.2) is 72.5 Å². The van der Waals surface area contributed by atoms with E-state index in [0.717, 1.165) is 61.0 Å². The number of likely N-dealkylation sites (N-methyl/N-ethyl adjacent to an activating group) is 1. The Morgan fingerprint density at radius 3 is 2.74 bits per heavy atom.